The van der Waals surface area contributed by atoms with E-state index in [1.165, 1.54) is 12.0 Å². The Morgan fingerprint density at radius 1 is 1.55 bits per heavy atom. The molecule has 2 N–H and O–H groups in total. The second-order valence-corrected chi connectivity index (χ2v) is 4.84. The molecule has 0 aromatic heterocycles. The van der Waals surface area contributed by atoms with E-state index in [-0.39, 0.29) is 11.9 Å². The van der Waals surface area contributed by atoms with Crippen LogP contribution in [0.5, 0.6) is 5.75 Å². The van der Waals surface area contributed by atoms with Gasteiger partial charge in [-0.15, -0.1) is 0 Å². The van der Waals surface area contributed by atoms with Crippen LogP contribution in [0.25, 0.3) is 0 Å². The van der Waals surface area contributed by atoms with Crippen LogP contribution in [0.3, 0.4) is 0 Å². The fourth-order valence-electron chi connectivity index (χ4n) is 1.98. The maximum atomic E-state index is 12.1. The molecule has 0 aliphatic carbocycles. The maximum Gasteiger partial charge on any atom is 0.324 e. The molecule has 1 aliphatic rings. The zero-order valence-corrected chi connectivity index (χ0v) is 12.0. The number of amides is 3. The van der Waals surface area contributed by atoms with Crippen LogP contribution in [0.1, 0.15) is 6.92 Å². The van der Waals surface area contributed by atoms with Crippen molar-refractivity contribution in [2.75, 3.05) is 25.5 Å². The number of urea groups is 1. The summed E-state index contributed by atoms with van der Waals surface area (Å²) in [6, 6.07) is 4.27. The van der Waals surface area contributed by atoms with Crippen molar-refractivity contribution in [3.05, 3.63) is 23.2 Å². The Balaban J connectivity index is 2.03. The van der Waals surface area contributed by atoms with Crippen LogP contribution in [0, 0.1) is 0 Å². The van der Waals surface area contributed by atoms with Gasteiger partial charge in [-0.2, -0.15) is 0 Å². The van der Waals surface area contributed by atoms with Gasteiger partial charge < -0.3 is 15.4 Å². The van der Waals surface area contributed by atoms with Crippen LogP contribution < -0.4 is 15.4 Å². The summed E-state index contributed by atoms with van der Waals surface area (Å²) in [5.41, 5.74) is 0.691. The van der Waals surface area contributed by atoms with E-state index in [9.17, 15) is 9.59 Å². The molecule has 1 saturated heterocycles. The minimum absolute atomic E-state index is 0.271. The van der Waals surface area contributed by atoms with E-state index >= 15 is 0 Å². The monoisotopic (exact) mass is 297 g/mol. The summed E-state index contributed by atoms with van der Waals surface area (Å²) < 4.78 is 5.06. The highest BCUT2D eigenvalue weighted by molar-refractivity contribution is 6.32. The van der Waals surface area contributed by atoms with Gasteiger partial charge in [-0.25, -0.2) is 4.79 Å². The quantitative estimate of drug-likeness (QED) is 0.887. The molecule has 7 heteroatoms. The van der Waals surface area contributed by atoms with E-state index in [4.69, 9.17) is 16.3 Å². The molecule has 108 valence electrons. The van der Waals surface area contributed by atoms with Gasteiger partial charge in [-0.05, 0) is 25.1 Å². The number of nitrogens with zero attached hydrogens (tertiary/aromatic N) is 1. The molecule has 6 nitrogen and oxygen atoms in total. The van der Waals surface area contributed by atoms with Gasteiger partial charge in [0.2, 0.25) is 0 Å². The zero-order valence-electron chi connectivity index (χ0n) is 11.3. The van der Waals surface area contributed by atoms with Gasteiger partial charge >= 0.3 is 6.03 Å². The first-order valence-electron chi connectivity index (χ1n) is 6.22. The largest absolute Gasteiger partial charge is 0.495 e. The highest BCUT2D eigenvalue weighted by atomic mass is 35.5. The van der Waals surface area contributed by atoms with Gasteiger partial charge in [-0.1, -0.05) is 11.6 Å². The van der Waals surface area contributed by atoms with Crippen molar-refractivity contribution >= 4 is 29.2 Å². The molecule has 1 aromatic rings. The summed E-state index contributed by atoms with van der Waals surface area (Å²) in [5, 5.41) is 6.07. The van der Waals surface area contributed by atoms with Crippen LogP contribution in [0.15, 0.2) is 18.2 Å². The van der Waals surface area contributed by atoms with Crippen LogP contribution in [-0.2, 0) is 4.79 Å². The first-order chi connectivity index (χ1) is 9.52. The number of halogens is 1. The van der Waals surface area contributed by atoms with E-state index < -0.39 is 6.04 Å². The zero-order chi connectivity index (χ0) is 14.7. The maximum absolute atomic E-state index is 12.1. The first kappa shape index (κ1) is 14.5. The summed E-state index contributed by atoms with van der Waals surface area (Å²) in [6.07, 6.45) is 0. The number of nitrogens with one attached hydrogen (secondary N) is 2. The van der Waals surface area contributed by atoms with Crippen LogP contribution in [-0.4, -0.2) is 43.1 Å². The van der Waals surface area contributed by atoms with Crippen molar-refractivity contribution in [2.45, 2.75) is 13.0 Å². The summed E-state index contributed by atoms with van der Waals surface area (Å²) in [6.45, 7) is 2.59. The number of anilines is 1. The lowest BCUT2D eigenvalue weighted by atomic mass is 10.2. The Kier molecular flexibility index (Phi) is 4.34. The lowest BCUT2D eigenvalue weighted by Gasteiger charge is -2.20. The minimum Gasteiger partial charge on any atom is -0.495 e. The van der Waals surface area contributed by atoms with Crippen LogP contribution >= 0.6 is 11.6 Å². The molecule has 20 heavy (non-hydrogen) atoms. The molecule has 0 spiro atoms. The Morgan fingerprint density at radius 3 is 2.85 bits per heavy atom. The Hall–Kier alpha value is -1.95. The Bertz CT molecular complexity index is 536. The lowest BCUT2D eigenvalue weighted by Crippen LogP contribution is -2.43. The molecule has 1 atom stereocenters. The molecule has 0 saturated carbocycles. The third kappa shape index (κ3) is 2.96. The molecular weight excluding hydrogens is 282 g/mol. The smallest absolute Gasteiger partial charge is 0.324 e. The lowest BCUT2D eigenvalue weighted by molar-refractivity contribution is -0.128. The predicted octanol–water partition coefficient (Wildman–Crippen LogP) is 1.70. The van der Waals surface area contributed by atoms with Crippen molar-refractivity contribution in [1.29, 1.82) is 0 Å². The van der Waals surface area contributed by atoms with E-state index in [0.717, 1.165) is 0 Å². The van der Waals surface area contributed by atoms with Gasteiger partial charge in [-0.3, -0.25) is 9.69 Å². The number of hydrogen-bond acceptors (Lipinski definition) is 4. The van der Waals surface area contributed by atoms with Crippen LogP contribution in [0.2, 0.25) is 5.02 Å². The first-order valence-corrected chi connectivity index (χ1v) is 6.60. The highest BCUT2D eigenvalue weighted by Crippen LogP contribution is 2.27. The van der Waals surface area contributed by atoms with Crippen molar-refractivity contribution in [1.82, 2.24) is 10.2 Å². The average Bonchev–Trinajstić information content (AvgIpc) is 2.84. The highest BCUT2D eigenvalue weighted by Gasteiger charge is 2.29. The molecule has 1 aliphatic heterocycles. The third-order valence-electron chi connectivity index (χ3n) is 3.03. The van der Waals surface area contributed by atoms with Crippen molar-refractivity contribution in [3.63, 3.8) is 0 Å². The predicted molar refractivity (Wildman–Crippen MR) is 76.2 cm³/mol. The summed E-state index contributed by atoms with van der Waals surface area (Å²) in [5.74, 6) is 0.294. The molecule has 0 radical (unpaired) electrons. The fourth-order valence-corrected chi connectivity index (χ4v) is 2.24. The molecule has 0 bridgehead atoms. The summed E-state index contributed by atoms with van der Waals surface area (Å²) in [7, 11) is 1.53. The van der Waals surface area contributed by atoms with Crippen LogP contribution in [0.4, 0.5) is 10.5 Å². The molecular formula is C13H16ClN3O3. The topological polar surface area (TPSA) is 70.7 Å². The van der Waals surface area contributed by atoms with Gasteiger partial charge in [0.05, 0.1) is 12.1 Å². The Labute approximate surface area is 122 Å². The molecule has 1 fully saturated rings. The van der Waals surface area contributed by atoms with Crippen molar-refractivity contribution < 1.29 is 14.3 Å². The number of ether oxygens (including phenoxy) is 1. The average molecular weight is 298 g/mol. The van der Waals surface area contributed by atoms with E-state index in [2.05, 4.69) is 10.6 Å². The fraction of sp³-hybridized carbons (Fsp3) is 0.385. The Morgan fingerprint density at radius 2 is 2.30 bits per heavy atom. The normalized spacial score (nSPS) is 15.8. The molecule has 0 unspecified atom stereocenters. The number of imide groups is 1. The van der Waals surface area contributed by atoms with Gasteiger partial charge in [0.15, 0.2) is 0 Å². The van der Waals surface area contributed by atoms with Crippen molar-refractivity contribution in [3.8, 4) is 5.75 Å². The van der Waals surface area contributed by atoms with E-state index in [0.29, 0.717) is 29.5 Å². The van der Waals surface area contributed by atoms with Gasteiger partial charge in [0, 0.05) is 18.8 Å². The number of rotatable bonds is 4. The number of carbonyl (C=O) groups excluding carboxylic acids is 2. The molecule has 3 amide bonds. The van der Waals surface area contributed by atoms with Gasteiger partial charge in [0.1, 0.15) is 11.8 Å². The molecule has 1 aromatic carbocycles. The number of hydrogen-bond donors (Lipinski definition) is 2. The second kappa shape index (κ2) is 6.00. The summed E-state index contributed by atoms with van der Waals surface area (Å²) >= 11 is 6.02. The standard InChI is InChI=1S/C13H16ClN3O3/c1-8(12(18)17-6-5-15-13(17)19)16-9-3-4-11(20-2)10(14)7-9/h3-4,7-8,16H,5-6H2,1-2H3,(H,15,19)/t8-/m1/s1. The van der Waals surface area contributed by atoms with E-state index in [1.54, 1.807) is 25.1 Å². The SMILES string of the molecule is COc1ccc(N[C@H](C)C(=O)N2CCNC2=O)cc1Cl. The summed E-state index contributed by atoms with van der Waals surface area (Å²) in [4.78, 5) is 24.7. The molecule has 2 rings (SSSR count). The van der Waals surface area contributed by atoms with E-state index in [1.807, 2.05) is 0 Å². The van der Waals surface area contributed by atoms with Gasteiger partial charge in [0.25, 0.3) is 5.91 Å². The number of benzene rings is 1. The number of carbonyl (C=O) groups is 2. The van der Waals surface area contributed by atoms with Crippen molar-refractivity contribution in [2.24, 2.45) is 0 Å². The second-order valence-electron chi connectivity index (χ2n) is 4.44. The minimum atomic E-state index is -0.525. The number of methoxy groups -OCH3 is 1. The molecule has 1 heterocycles. The third-order valence-corrected chi connectivity index (χ3v) is 3.32.